The Morgan fingerprint density at radius 2 is 1.72 bits per heavy atom. The molecule has 1 heterocycles. The van der Waals surface area contributed by atoms with Crippen molar-refractivity contribution in [3.63, 3.8) is 0 Å². The third-order valence-corrected chi connectivity index (χ3v) is 4.13. The summed E-state index contributed by atoms with van der Waals surface area (Å²) >= 11 is 0. The largest absolute Gasteiger partial charge is 0.348 e. The normalized spacial score (nSPS) is 11.0. The van der Waals surface area contributed by atoms with E-state index in [1.807, 2.05) is 63.5 Å². The van der Waals surface area contributed by atoms with Gasteiger partial charge >= 0.3 is 0 Å². The lowest BCUT2D eigenvalue weighted by Gasteiger charge is -2.15. The standard InChI is InChI=1S/C21H23N3O/c1-15-12-19(18-10-6-7-11-20(18)23-15)21(25)22-13-16-8-4-5-9-17(16)14-24(2)3/h4-12H,13-14H2,1-3H3,(H,22,25). The summed E-state index contributed by atoms with van der Waals surface area (Å²) in [4.78, 5) is 19.4. The second kappa shape index (κ2) is 7.45. The molecule has 0 aliphatic heterocycles. The van der Waals surface area contributed by atoms with Crippen molar-refractivity contribution < 1.29 is 4.79 Å². The van der Waals surface area contributed by atoms with Crippen LogP contribution in [-0.4, -0.2) is 29.9 Å². The molecule has 1 N–H and O–H groups in total. The van der Waals surface area contributed by atoms with Crippen molar-refractivity contribution in [3.05, 3.63) is 77.0 Å². The molecule has 2 aromatic carbocycles. The molecule has 3 rings (SSSR count). The van der Waals surface area contributed by atoms with Gasteiger partial charge in [0.1, 0.15) is 0 Å². The number of pyridine rings is 1. The smallest absolute Gasteiger partial charge is 0.252 e. The average molecular weight is 333 g/mol. The number of aryl methyl sites for hydroxylation is 1. The first-order chi connectivity index (χ1) is 12.0. The van der Waals surface area contributed by atoms with Crippen molar-refractivity contribution >= 4 is 16.8 Å². The third-order valence-electron chi connectivity index (χ3n) is 4.13. The van der Waals surface area contributed by atoms with Gasteiger partial charge in [-0.1, -0.05) is 42.5 Å². The Hall–Kier alpha value is -2.72. The minimum atomic E-state index is -0.0682. The number of para-hydroxylation sites is 1. The second-order valence-corrected chi connectivity index (χ2v) is 6.52. The van der Waals surface area contributed by atoms with Crippen molar-refractivity contribution in [2.45, 2.75) is 20.0 Å². The van der Waals surface area contributed by atoms with Gasteiger partial charge in [-0.05, 0) is 44.3 Å². The maximum atomic E-state index is 12.8. The average Bonchev–Trinajstić information content (AvgIpc) is 2.59. The highest BCUT2D eigenvalue weighted by Gasteiger charge is 2.12. The zero-order chi connectivity index (χ0) is 17.8. The molecule has 3 aromatic rings. The molecule has 0 unspecified atom stereocenters. The molecule has 0 bridgehead atoms. The molecule has 1 aromatic heterocycles. The maximum Gasteiger partial charge on any atom is 0.252 e. The van der Waals surface area contributed by atoms with E-state index >= 15 is 0 Å². The Bertz CT molecular complexity index is 903. The van der Waals surface area contributed by atoms with Crippen molar-refractivity contribution in [2.24, 2.45) is 0 Å². The summed E-state index contributed by atoms with van der Waals surface area (Å²) in [6.45, 7) is 3.28. The molecule has 0 radical (unpaired) electrons. The quantitative estimate of drug-likeness (QED) is 0.777. The molecule has 25 heavy (non-hydrogen) atoms. The molecule has 0 saturated heterocycles. The monoisotopic (exact) mass is 333 g/mol. The van der Waals surface area contributed by atoms with Crippen LogP contribution in [0.3, 0.4) is 0 Å². The molecule has 0 aliphatic rings. The summed E-state index contributed by atoms with van der Waals surface area (Å²) < 4.78 is 0. The van der Waals surface area contributed by atoms with Crippen LogP contribution in [0.1, 0.15) is 27.2 Å². The van der Waals surface area contributed by atoms with Gasteiger partial charge in [0.25, 0.3) is 5.91 Å². The van der Waals surface area contributed by atoms with Gasteiger partial charge in [-0.2, -0.15) is 0 Å². The highest BCUT2D eigenvalue weighted by atomic mass is 16.1. The van der Waals surface area contributed by atoms with Crippen LogP contribution in [0.4, 0.5) is 0 Å². The summed E-state index contributed by atoms with van der Waals surface area (Å²) in [6.07, 6.45) is 0. The highest BCUT2D eigenvalue weighted by molar-refractivity contribution is 6.06. The Balaban J connectivity index is 1.83. The summed E-state index contributed by atoms with van der Waals surface area (Å²) in [5, 5.41) is 3.94. The van der Waals surface area contributed by atoms with Gasteiger partial charge in [0.2, 0.25) is 0 Å². The van der Waals surface area contributed by atoms with E-state index < -0.39 is 0 Å². The van der Waals surface area contributed by atoms with Gasteiger partial charge in [-0.15, -0.1) is 0 Å². The number of carbonyl (C=O) groups excluding carboxylic acids is 1. The first kappa shape index (κ1) is 17.1. The molecular formula is C21H23N3O. The summed E-state index contributed by atoms with van der Waals surface area (Å²) in [5.74, 6) is -0.0682. The molecule has 0 atom stereocenters. The van der Waals surface area contributed by atoms with Crippen LogP contribution in [0, 0.1) is 6.92 Å². The van der Waals surface area contributed by atoms with E-state index in [0.717, 1.165) is 28.7 Å². The lowest BCUT2D eigenvalue weighted by atomic mass is 10.1. The van der Waals surface area contributed by atoms with E-state index in [9.17, 15) is 4.79 Å². The highest BCUT2D eigenvalue weighted by Crippen LogP contribution is 2.18. The molecule has 4 nitrogen and oxygen atoms in total. The first-order valence-electron chi connectivity index (χ1n) is 8.40. The third kappa shape index (κ3) is 4.03. The van der Waals surface area contributed by atoms with Crippen LogP contribution in [0.2, 0.25) is 0 Å². The molecule has 0 spiro atoms. The minimum absolute atomic E-state index is 0.0682. The van der Waals surface area contributed by atoms with Gasteiger partial charge in [0.15, 0.2) is 0 Å². The zero-order valence-corrected chi connectivity index (χ0v) is 14.9. The Morgan fingerprint density at radius 1 is 1.04 bits per heavy atom. The van der Waals surface area contributed by atoms with E-state index in [1.54, 1.807) is 0 Å². The fourth-order valence-electron chi connectivity index (χ4n) is 2.99. The van der Waals surface area contributed by atoms with Crippen molar-refractivity contribution in [2.75, 3.05) is 14.1 Å². The van der Waals surface area contributed by atoms with Gasteiger partial charge in [-0.25, -0.2) is 0 Å². The Kier molecular flexibility index (Phi) is 5.10. The number of aromatic nitrogens is 1. The molecule has 0 aliphatic carbocycles. The van der Waals surface area contributed by atoms with Gasteiger partial charge < -0.3 is 10.2 Å². The topological polar surface area (TPSA) is 45.2 Å². The van der Waals surface area contributed by atoms with E-state index in [4.69, 9.17) is 0 Å². The van der Waals surface area contributed by atoms with Gasteiger partial charge in [0.05, 0.1) is 11.1 Å². The number of nitrogens with zero attached hydrogens (tertiary/aromatic N) is 2. The van der Waals surface area contributed by atoms with Crippen molar-refractivity contribution in [1.29, 1.82) is 0 Å². The number of hydrogen-bond acceptors (Lipinski definition) is 3. The Morgan fingerprint density at radius 3 is 2.48 bits per heavy atom. The fourth-order valence-corrected chi connectivity index (χ4v) is 2.99. The maximum absolute atomic E-state index is 12.8. The van der Waals surface area contributed by atoms with Crippen LogP contribution < -0.4 is 5.32 Å². The Labute approximate surface area is 148 Å². The van der Waals surface area contributed by atoms with Gasteiger partial charge in [0, 0.05) is 24.2 Å². The predicted octanol–water partition coefficient (Wildman–Crippen LogP) is 3.53. The zero-order valence-electron chi connectivity index (χ0n) is 14.9. The van der Waals surface area contributed by atoms with E-state index in [-0.39, 0.29) is 5.91 Å². The lowest BCUT2D eigenvalue weighted by Crippen LogP contribution is -2.24. The van der Waals surface area contributed by atoms with Crippen LogP contribution >= 0.6 is 0 Å². The SMILES string of the molecule is Cc1cc(C(=O)NCc2ccccc2CN(C)C)c2ccccc2n1. The van der Waals surface area contributed by atoms with Gasteiger partial charge in [-0.3, -0.25) is 9.78 Å². The van der Waals surface area contributed by atoms with E-state index in [1.165, 1.54) is 5.56 Å². The minimum Gasteiger partial charge on any atom is -0.348 e. The van der Waals surface area contributed by atoms with Crippen molar-refractivity contribution in [3.8, 4) is 0 Å². The van der Waals surface area contributed by atoms with Crippen LogP contribution in [0.15, 0.2) is 54.6 Å². The van der Waals surface area contributed by atoms with E-state index in [0.29, 0.717) is 12.1 Å². The molecule has 4 heteroatoms. The number of nitrogens with one attached hydrogen (secondary N) is 1. The number of carbonyl (C=O) groups is 1. The number of fused-ring (bicyclic) bond motifs is 1. The fraction of sp³-hybridized carbons (Fsp3) is 0.238. The molecule has 0 saturated carbocycles. The van der Waals surface area contributed by atoms with Crippen molar-refractivity contribution in [1.82, 2.24) is 15.2 Å². The summed E-state index contributed by atoms with van der Waals surface area (Å²) in [5.41, 5.74) is 4.73. The van der Waals surface area contributed by atoms with E-state index in [2.05, 4.69) is 27.3 Å². The summed E-state index contributed by atoms with van der Waals surface area (Å²) in [6, 6.07) is 17.8. The number of amides is 1. The number of benzene rings is 2. The second-order valence-electron chi connectivity index (χ2n) is 6.52. The lowest BCUT2D eigenvalue weighted by molar-refractivity contribution is 0.0952. The number of rotatable bonds is 5. The van der Waals surface area contributed by atoms with Crippen LogP contribution in [0.5, 0.6) is 0 Å². The van der Waals surface area contributed by atoms with Crippen LogP contribution in [0.25, 0.3) is 10.9 Å². The molecule has 128 valence electrons. The molecule has 1 amide bonds. The summed E-state index contributed by atoms with van der Waals surface area (Å²) in [7, 11) is 4.09. The number of hydrogen-bond donors (Lipinski definition) is 1. The van der Waals surface area contributed by atoms with Crippen LogP contribution in [-0.2, 0) is 13.1 Å². The molecule has 0 fully saturated rings. The molecular weight excluding hydrogens is 310 g/mol. The predicted molar refractivity (Wildman–Crippen MR) is 101 cm³/mol. The first-order valence-corrected chi connectivity index (χ1v) is 8.40.